The molecule has 0 aromatic rings. The van der Waals surface area contributed by atoms with Crippen molar-refractivity contribution < 1.29 is 15.0 Å². The molecule has 0 fully saturated rings. The van der Waals surface area contributed by atoms with E-state index in [4.69, 9.17) is 39.1 Å². The van der Waals surface area contributed by atoms with Gasteiger partial charge in [-0.05, 0) is 12.8 Å². The van der Waals surface area contributed by atoms with Crippen LogP contribution in [0.4, 0.5) is 0 Å². The van der Waals surface area contributed by atoms with E-state index in [0.717, 1.165) is 32.1 Å². The van der Waals surface area contributed by atoms with Crippen molar-refractivity contribution >= 4 is 29.2 Å². The predicted molar refractivity (Wildman–Crippen MR) is 64.8 cm³/mol. The normalized spacial score (nSPS) is 15.1. The van der Waals surface area contributed by atoms with Crippen molar-refractivity contribution in [3.63, 3.8) is 0 Å². The summed E-state index contributed by atoms with van der Waals surface area (Å²) in [4.78, 5) is 10.1. The molecule has 0 radical (unpaired) electrons. The summed E-state index contributed by atoms with van der Waals surface area (Å²) >= 11 is 11.1. The van der Waals surface area contributed by atoms with Gasteiger partial charge in [-0.15, -0.1) is 23.2 Å². The van der Waals surface area contributed by atoms with Gasteiger partial charge in [0.1, 0.15) is 4.84 Å². The first-order valence-electron chi connectivity index (χ1n) is 5.39. The Kier molecular flexibility index (Phi) is 9.03. The van der Waals surface area contributed by atoms with E-state index >= 15 is 0 Å². The lowest BCUT2D eigenvalue weighted by molar-refractivity contribution is -0.147. The Morgan fingerprint density at radius 2 is 1.62 bits per heavy atom. The molecule has 0 spiro atoms. The highest BCUT2D eigenvalue weighted by atomic mass is 35.5. The Morgan fingerprint density at radius 3 is 2.06 bits per heavy atom. The molecular formula is C10H19Cl2NO3. The van der Waals surface area contributed by atoms with Gasteiger partial charge in [-0.3, -0.25) is 0 Å². The zero-order valence-corrected chi connectivity index (χ0v) is 10.6. The largest absolute Gasteiger partial charge is 0.479 e. The molecule has 0 aromatic heterocycles. The topological polar surface area (TPSA) is 83.5 Å². The zero-order chi connectivity index (χ0) is 12.6. The van der Waals surface area contributed by atoms with Crippen LogP contribution in [-0.2, 0) is 4.79 Å². The van der Waals surface area contributed by atoms with Crippen molar-refractivity contribution in [2.24, 2.45) is 5.73 Å². The molecule has 0 heterocycles. The number of alkyl halides is 2. The number of hydrogen-bond acceptors (Lipinski definition) is 3. The molecule has 96 valence electrons. The van der Waals surface area contributed by atoms with Gasteiger partial charge in [0.05, 0.1) is 0 Å². The van der Waals surface area contributed by atoms with Gasteiger partial charge in [0.15, 0.2) is 6.10 Å². The second-order valence-electron chi connectivity index (χ2n) is 3.83. The van der Waals surface area contributed by atoms with Crippen molar-refractivity contribution in [2.75, 3.05) is 0 Å². The van der Waals surface area contributed by atoms with E-state index in [2.05, 4.69) is 0 Å². The van der Waals surface area contributed by atoms with E-state index in [1.165, 1.54) is 0 Å². The Labute approximate surface area is 106 Å². The molecule has 6 heteroatoms. The van der Waals surface area contributed by atoms with Gasteiger partial charge in [0.25, 0.3) is 0 Å². The van der Waals surface area contributed by atoms with Gasteiger partial charge in [-0.2, -0.15) is 0 Å². The molecule has 4 N–H and O–H groups in total. The first-order chi connectivity index (χ1) is 7.45. The van der Waals surface area contributed by atoms with Crippen LogP contribution in [0.1, 0.15) is 38.5 Å². The number of hydrogen-bond donors (Lipinski definition) is 3. The first-order valence-corrected chi connectivity index (χ1v) is 6.27. The molecule has 0 aromatic carbocycles. The van der Waals surface area contributed by atoms with Gasteiger partial charge < -0.3 is 15.9 Å². The van der Waals surface area contributed by atoms with E-state index in [-0.39, 0.29) is 4.84 Å². The minimum absolute atomic E-state index is 0.309. The van der Waals surface area contributed by atoms with Crippen LogP contribution in [-0.4, -0.2) is 33.2 Å². The molecule has 0 aliphatic heterocycles. The molecule has 0 aliphatic carbocycles. The number of carboxylic acids is 1. The minimum Gasteiger partial charge on any atom is -0.479 e. The van der Waals surface area contributed by atoms with Crippen LogP contribution in [0.5, 0.6) is 0 Å². The summed E-state index contributed by atoms with van der Waals surface area (Å²) in [6.07, 6.45) is 3.52. The van der Waals surface area contributed by atoms with Gasteiger partial charge in [-0.1, -0.05) is 25.7 Å². The van der Waals surface area contributed by atoms with Crippen LogP contribution < -0.4 is 5.73 Å². The fraction of sp³-hybridized carbons (Fsp3) is 0.900. The smallest absolute Gasteiger partial charge is 0.334 e. The predicted octanol–water partition coefficient (Wildman–Crippen LogP) is 1.90. The molecule has 0 unspecified atom stereocenters. The van der Waals surface area contributed by atoms with E-state index in [1.54, 1.807) is 0 Å². The molecule has 2 atom stereocenters. The SMILES string of the molecule is N[C@H](CCCCCCC(Cl)Cl)[C@@H](O)C(=O)O. The number of carboxylic acid groups (broad SMARTS) is 1. The summed E-state index contributed by atoms with van der Waals surface area (Å²) in [7, 11) is 0. The summed E-state index contributed by atoms with van der Waals surface area (Å²) in [6.45, 7) is 0. The maximum absolute atomic E-state index is 10.4. The molecule has 0 amide bonds. The van der Waals surface area contributed by atoms with Crippen molar-refractivity contribution in [1.82, 2.24) is 0 Å². The van der Waals surface area contributed by atoms with Crippen LogP contribution in [0.25, 0.3) is 0 Å². The Hall–Kier alpha value is -0.0300. The van der Waals surface area contributed by atoms with E-state index in [0.29, 0.717) is 6.42 Å². The van der Waals surface area contributed by atoms with E-state index < -0.39 is 18.1 Å². The lowest BCUT2D eigenvalue weighted by atomic mass is 10.0. The molecule has 16 heavy (non-hydrogen) atoms. The third-order valence-corrected chi connectivity index (χ3v) is 2.80. The fourth-order valence-electron chi connectivity index (χ4n) is 1.37. The summed E-state index contributed by atoms with van der Waals surface area (Å²) in [5, 5.41) is 17.6. The first kappa shape index (κ1) is 16.0. The second kappa shape index (κ2) is 9.05. The zero-order valence-electron chi connectivity index (χ0n) is 9.11. The third kappa shape index (κ3) is 8.16. The van der Waals surface area contributed by atoms with Gasteiger partial charge in [0, 0.05) is 6.04 Å². The highest BCUT2D eigenvalue weighted by Gasteiger charge is 2.21. The Bertz CT molecular complexity index is 203. The van der Waals surface area contributed by atoms with Crippen molar-refractivity contribution in [2.45, 2.75) is 55.5 Å². The lowest BCUT2D eigenvalue weighted by Crippen LogP contribution is -2.40. The highest BCUT2D eigenvalue weighted by molar-refractivity contribution is 6.44. The number of aliphatic carboxylic acids is 1. The monoisotopic (exact) mass is 271 g/mol. The number of aliphatic hydroxyl groups excluding tert-OH is 1. The average Bonchev–Trinajstić information content (AvgIpc) is 2.21. The lowest BCUT2D eigenvalue weighted by Gasteiger charge is -2.14. The molecular weight excluding hydrogens is 253 g/mol. The molecule has 0 saturated carbocycles. The maximum atomic E-state index is 10.4. The average molecular weight is 272 g/mol. The number of carbonyl (C=O) groups is 1. The number of halogens is 2. The highest BCUT2D eigenvalue weighted by Crippen LogP contribution is 2.14. The van der Waals surface area contributed by atoms with E-state index in [1.807, 2.05) is 0 Å². The number of unbranched alkanes of at least 4 members (excludes halogenated alkanes) is 3. The third-order valence-electron chi connectivity index (χ3n) is 2.37. The summed E-state index contributed by atoms with van der Waals surface area (Å²) < 4.78 is 0. The molecule has 0 aliphatic rings. The minimum atomic E-state index is -1.46. The molecule has 0 saturated heterocycles. The molecule has 0 bridgehead atoms. The summed E-state index contributed by atoms with van der Waals surface area (Å²) in [6, 6.07) is -0.689. The summed E-state index contributed by atoms with van der Waals surface area (Å²) in [5.41, 5.74) is 5.51. The van der Waals surface area contributed by atoms with Crippen LogP contribution in [0.3, 0.4) is 0 Å². The van der Waals surface area contributed by atoms with Crippen LogP contribution in [0, 0.1) is 0 Å². The van der Waals surface area contributed by atoms with Crippen LogP contribution >= 0.6 is 23.2 Å². The number of rotatable bonds is 9. The standard InChI is InChI=1S/C10H19Cl2NO3/c11-8(12)6-4-2-1-3-5-7(13)9(14)10(15)16/h7-9,14H,1-6,13H2,(H,15,16)/t7-,9-/m1/s1. The van der Waals surface area contributed by atoms with Gasteiger partial charge in [-0.25, -0.2) is 4.79 Å². The summed E-state index contributed by atoms with van der Waals surface area (Å²) in [5.74, 6) is -1.26. The maximum Gasteiger partial charge on any atom is 0.334 e. The number of nitrogens with two attached hydrogens (primary N) is 1. The fourth-order valence-corrected chi connectivity index (χ4v) is 1.68. The molecule has 0 rings (SSSR count). The quantitative estimate of drug-likeness (QED) is 0.442. The van der Waals surface area contributed by atoms with E-state index in [9.17, 15) is 4.79 Å². The second-order valence-corrected chi connectivity index (χ2v) is 5.11. The van der Waals surface area contributed by atoms with Crippen LogP contribution in [0.2, 0.25) is 0 Å². The van der Waals surface area contributed by atoms with Crippen molar-refractivity contribution in [3.05, 3.63) is 0 Å². The number of aliphatic hydroxyl groups is 1. The Balaban J connectivity index is 3.41. The van der Waals surface area contributed by atoms with Crippen molar-refractivity contribution in [3.8, 4) is 0 Å². The Morgan fingerprint density at radius 1 is 1.12 bits per heavy atom. The molecule has 4 nitrogen and oxygen atoms in total. The van der Waals surface area contributed by atoms with Gasteiger partial charge in [0.2, 0.25) is 0 Å². The van der Waals surface area contributed by atoms with Gasteiger partial charge >= 0.3 is 5.97 Å². The van der Waals surface area contributed by atoms with Crippen LogP contribution in [0.15, 0.2) is 0 Å². The van der Waals surface area contributed by atoms with Crippen molar-refractivity contribution in [1.29, 1.82) is 0 Å².